The van der Waals surface area contributed by atoms with Crippen molar-refractivity contribution in [1.82, 2.24) is 10.3 Å². The van der Waals surface area contributed by atoms with Crippen molar-refractivity contribution >= 4 is 5.97 Å². The van der Waals surface area contributed by atoms with E-state index in [-0.39, 0.29) is 11.2 Å². The van der Waals surface area contributed by atoms with Crippen LogP contribution in [0.15, 0.2) is 18.2 Å². The van der Waals surface area contributed by atoms with E-state index >= 15 is 0 Å². The highest BCUT2D eigenvalue weighted by atomic mass is 16.5. The number of carbonyl (C=O) groups is 1. The second-order valence-corrected chi connectivity index (χ2v) is 4.54. The fraction of sp³-hybridized carbons (Fsp3) is 0.500. The smallest absolute Gasteiger partial charge is 0.354 e. The van der Waals surface area contributed by atoms with Gasteiger partial charge in [0, 0.05) is 18.7 Å². The molecular weight excluding hydrogens is 220 g/mol. The monoisotopic (exact) mass is 236 g/mol. The van der Waals surface area contributed by atoms with E-state index in [1.165, 1.54) is 6.07 Å². The van der Waals surface area contributed by atoms with Crippen molar-refractivity contribution in [3.63, 3.8) is 0 Å². The molecule has 2 heterocycles. The maximum Gasteiger partial charge on any atom is 0.354 e. The summed E-state index contributed by atoms with van der Waals surface area (Å²) in [6, 6.07) is 5.02. The van der Waals surface area contributed by atoms with Crippen LogP contribution in [-0.2, 0) is 11.3 Å². The molecular formula is C12H16N2O3. The highest BCUT2D eigenvalue weighted by Gasteiger charge is 2.28. The van der Waals surface area contributed by atoms with Crippen LogP contribution < -0.4 is 5.32 Å². The maximum atomic E-state index is 10.8. The topological polar surface area (TPSA) is 71.5 Å². The van der Waals surface area contributed by atoms with Crippen LogP contribution in [0.1, 0.15) is 29.5 Å². The van der Waals surface area contributed by atoms with Gasteiger partial charge in [-0.3, -0.25) is 0 Å². The van der Waals surface area contributed by atoms with Gasteiger partial charge in [0.2, 0.25) is 0 Å². The first kappa shape index (κ1) is 12.0. The standard InChI is InChI=1S/C12H16N2O3/c1-12(5-6-17-8-12)13-7-9-3-2-4-10(14-9)11(15)16/h2-4,13H,5-8H2,1H3,(H,15,16). The van der Waals surface area contributed by atoms with E-state index in [0.717, 1.165) is 18.7 Å². The predicted octanol–water partition coefficient (Wildman–Crippen LogP) is 1.05. The number of hydrogen-bond donors (Lipinski definition) is 2. The first-order valence-electron chi connectivity index (χ1n) is 5.61. The highest BCUT2D eigenvalue weighted by Crippen LogP contribution is 2.17. The zero-order valence-electron chi connectivity index (χ0n) is 9.77. The Kier molecular flexibility index (Phi) is 3.40. The molecule has 0 amide bonds. The molecule has 1 aromatic heterocycles. The Balaban J connectivity index is 1.99. The van der Waals surface area contributed by atoms with E-state index in [1.807, 2.05) is 6.07 Å². The van der Waals surface area contributed by atoms with Crippen LogP contribution in [0.3, 0.4) is 0 Å². The number of nitrogens with one attached hydrogen (secondary N) is 1. The molecule has 5 nitrogen and oxygen atoms in total. The molecule has 1 fully saturated rings. The van der Waals surface area contributed by atoms with Gasteiger partial charge in [-0.1, -0.05) is 6.07 Å². The van der Waals surface area contributed by atoms with Gasteiger partial charge in [-0.25, -0.2) is 9.78 Å². The average molecular weight is 236 g/mol. The molecule has 2 N–H and O–H groups in total. The molecule has 1 aromatic rings. The van der Waals surface area contributed by atoms with Crippen molar-refractivity contribution in [2.24, 2.45) is 0 Å². The summed E-state index contributed by atoms with van der Waals surface area (Å²) >= 11 is 0. The highest BCUT2D eigenvalue weighted by molar-refractivity contribution is 5.85. The van der Waals surface area contributed by atoms with E-state index in [2.05, 4.69) is 17.2 Å². The Hall–Kier alpha value is -1.46. The molecule has 2 rings (SSSR count). The molecule has 0 aliphatic carbocycles. The summed E-state index contributed by atoms with van der Waals surface area (Å²) in [5.74, 6) is -0.998. The van der Waals surface area contributed by atoms with Crippen LogP contribution in [-0.4, -0.2) is 34.8 Å². The van der Waals surface area contributed by atoms with Crippen LogP contribution >= 0.6 is 0 Å². The number of aromatic carboxylic acids is 1. The SMILES string of the molecule is CC1(NCc2cccc(C(=O)O)n2)CCOC1. The van der Waals surface area contributed by atoms with E-state index in [4.69, 9.17) is 9.84 Å². The number of hydrogen-bond acceptors (Lipinski definition) is 4. The molecule has 0 bridgehead atoms. The maximum absolute atomic E-state index is 10.8. The second kappa shape index (κ2) is 4.81. The minimum Gasteiger partial charge on any atom is -0.477 e. The van der Waals surface area contributed by atoms with Gasteiger partial charge in [-0.15, -0.1) is 0 Å². The van der Waals surface area contributed by atoms with E-state index in [9.17, 15) is 4.79 Å². The summed E-state index contributed by atoms with van der Waals surface area (Å²) < 4.78 is 5.33. The predicted molar refractivity (Wildman–Crippen MR) is 61.9 cm³/mol. The molecule has 1 atom stereocenters. The molecule has 0 aromatic carbocycles. The molecule has 1 saturated heterocycles. The lowest BCUT2D eigenvalue weighted by molar-refractivity contribution is 0.0690. The summed E-state index contributed by atoms with van der Waals surface area (Å²) in [5, 5.41) is 12.2. The Morgan fingerprint density at radius 3 is 3.12 bits per heavy atom. The number of rotatable bonds is 4. The fourth-order valence-corrected chi connectivity index (χ4v) is 1.81. The minimum absolute atomic E-state index is 0.0269. The van der Waals surface area contributed by atoms with Gasteiger partial charge >= 0.3 is 5.97 Å². The van der Waals surface area contributed by atoms with Gasteiger partial charge in [-0.2, -0.15) is 0 Å². The summed E-state index contributed by atoms with van der Waals surface area (Å²) in [6.07, 6.45) is 0.964. The van der Waals surface area contributed by atoms with E-state index in [0.29, 0.717) is 13.2 Å². The number of nitrogens with zero attached hydrogens (tertiary/aromatic N) is 1. The summed E-state index contributed by atoms with van der Waals surface area (Å²) in [5.41, 5.74) is 0.788. The zero-order chi connectivity index (χ0) is 12.3. The van der Waals surface area contributed by atoms with Gasteiger partial charge in [0.05, 0.1) is 12.3 Å². The number of carboxylic acid groups (broad SMARTS) is 1. The van der Waals surface area contributed by atoms with E-state index < -0.39 is 5.97 Å². The van der Waals surface area contributed by atoms with Crippen LogP contribution in [0.5, 0.6) is 0 Å². The molecule has 17 heavy (non-hydrogen) atoms. The molecule has 0 saturated carbocycles. The fourth-order valence-electron chi connectivity index (χ4n) is 1.81. The number of pyridine rings is 1. The Morgan fingerprint density at radius 2 is 2.47 bits per heavy atom. The first-order chi connectivity index (χ1) is 8.09. The van der Waals surface area contributed by atoms with E-state index in [1.54, 1.807) is 6.07 Å². The Morgan fingerprint density at radius 1 is 1.65 bits per heavy atom. The summed E-state index contributed by atoms with van der Waals surface area (Å²) in [6.45, 7) is 4.11. The summed E-state index contributed by atoms with van der Waals surface area (Å²) in [7, 11) is 0. The third-order valence-electron chi connectivity index (χ3n) is 2.94. The second-order valence-electron chi connectivity index (χ2n) is 4.54. The molecule has 1 unspecified atom stereocenters. The number of aromatic nitrogens is 1. The molecule has 5 heteroatoms. The van der Waals surface area contributed by atoms with Crippen LogP contribution in [0.25, 0.3) is 0 Å². The van der Waals surface area contributed by atoms with Gasteiger partial charge < -0.3 is 15.2 Å². The van der Waals surface area contributed by atoms with Crippen LogP contribution in [0, 0.1) is 0 Å². The molecule has 1 aliphatic rings. The van der Waals surface area contributed by atoms with Crippen LogP contribution in [0.4, 0.5) is 0 Å². The molecule has 1 aliphatic heterocycles. The van der Waals surface area contributed by atoms with Crippen molar-refractivity contribution < 1.29 is 14.6 Å². The lowest BCUT2D eigenvalue weighted by Crippen LogP contribution is -2.42. The largest absolute Gasteiger partial charge is 0.477 e. The van der Waals surface area contributed by atoms with Crippen LogP contribution in [0.2, 0.25) is 0 Å². The number of ether oxygens (including phenoxy) is 1. The third-order valence-corrected chi connectivity index (χ3v) is 2.94. The lowest BCUT2D eigenvalue weighted by atomic mass is 10.0. The number of carboxylic acids is 1. The van der Waals surface area contributed by atoms with Gasteiger partial charge in [0.15, 0.2) is 0 Å². The molecule has 0 spiro atoms. The van der Waals surface area contributed by atoms with Crippen molar-refractivity contribution in [2.75, 3.05) is 13.2 Å². The minimum atomic E-state index is -0.998. The zero-order valence-corrected chi connectivity index (χ0v) is 9.77. The molecule has 0 radical (unpaired) electrons. The lowest BCUT2D eigenvalue weighted by Gasteiger charge is -2.23. The van der Waals surface area contributed by atoms with Gasteiger partial charge in [0.1, 0.15) is 5.69 Å². The van der Waals surface area contributed by atoms with Gasteiger partial charge in [0.25, 0.3) is 0 Å². The summed E-state index contributed by atoms with van der Waals surface area (Å²) in [4.78, 5) is 14.8. The van der Waals surface area contributed by atoms with Crippen molar-refractivity contribution in [3.8, 4) is 0 Å². The van der Waals surface area contributed by atoms with Crippen molar-refractivity contribution in [1.29, 1.82) is 0 Å². The Bertz CT molecular complexity index is 414. The normalized spacial score (nSPS) is 23.8. The van der Waals surface area contributed by atoms with Crippen molar-refractivity contribution in [3.05, 3.63) is 29.6 Å². The van der Waals surface area contributed by atoms with Crippen molar-refractivity contribution in [2.45, 2.75) is 25.4 Å². The van der Waals surface area contributed by atoms with Gasteiger partial charge in [-0.05, 0) is 25.5 Å². The quantitative estimate of drug-likeness (QED) is 0.817. The first-order valence-corrected chi connectivity index (χ1v) is 5.61. The molecule has 92 valence electrons. The average Bonchev–Trinajstić information content (AvgIpc) is 2.75. The Labute approximate surface area is 99.8 Å². The third kappa shape index (κ3) is 3.01.